The van der Waals surface area contributed by atoms with E-state index in [1.165, 1.54) is 6.07 Å². The van der Waals surface area contributed by atoms with Crippen LogP contribution in [-0.2, 0) is 10.3 Å². The van der Waals surface area contributed by atoms with Crippen molar-refractivity contribution >= 4 is 5.69 Å². The number of rotatable bonds is 1. The summed E-state index contributed by atoms with van der Waals surface area (Å²) in [5.74, 6) is 0. The fraction of sp³-hybridized carbons (Fsp3) is 0.273. The first kappa shape index (κ1) is 8.61. The molecule has 0 radical (unpaired) electrons. The highest BCUT2D eigenvalue weighted by molar-refractivity contribution is 5.57. The molecule has 0 saturated carbocycles. The summed E-state index contributed by atoms with van der Waals surface area (Å²) in [6.45, 7) is 1.86. The van der Waals surface area contributed by atoms with Crippen LogP contribution in [0.2, 0.25) is 0 Å². The first-order valence-corrected chi connectivity index (χ1v) is 4.77. The van der Waals surface area contributed by atoms with Crippen molar-refractivity contribution in [1.82, 2.24) is 0 Å². The van der Waals surface area contributed by atoms with Gasteiger partial charge >= 0.3 is 0 Å². The van der Waals surface area contributed by atoms with Crippen LogP contribution in [0.15, 0.2) is 30.4 Å². The van der Waals surface area contributed by atoms with Gasteiger partial charge in [-0.25, -0.2) is 0 Å². The molecule has 0 aliphatic carbocycles. The zero-order valence-corrected chi connectivity index (χ0v) is 8.14. The summed E-state index contributed by atoms with van der Waals surface area (Å²) in [7, 11) is 0. The molecule has 0 amide bonds. The molecule has 76 valence electrons. The van der Waals surface area contributed by atoms with Crippen molar-refractivity contribution < 1.29 is 9.66 Å². The molecule has 0 N–H and O–H groups in total. The fourth-order valence-corrected chi connectivity index (χ4v) is 2.41. The lowest BCUT2D eigenvalue weighted by molar-refractivity contribution is -0.386. The smallest absolute Gasteiger partial charge is 0.276 e. The van der Waals surface area contributed by atoms with Crippen LogP contribution in [0, 0.1) is 10.1 Å². The van der Waals surface area contributed by atoms with Crippen LogP contribution in [0.4, 0.5) is 5.69 Å². The van der Waals surface area contributed by atoms with Gasteiger partial charge in [0.05, 0.1) is 10.5 Å². The van der Waals surface area contributed by atoms with Crippen molar-refractivity contribution in [1.29, 1.82) is 0 Å². The largest absolute Gasteiger partial charge is 0.354 e. The number of nitro benzene ring substituents is 1. The van der Waals surface area contributed by atoms with E-state index in [-0.39, 0.29) is 16.7 Å². The van der Waals surface area contributed by atoms with Crippen LogP contribution in [0.25, 0.3) is 0 Å². The molecule has 2 unspecified atom stereocenters. The van der Waals surface area contributed by atoms with Gasteiger partial charge in [-0.2, -0.15) is 0 Å². The minimum absolute atomic E-state index is 0.107. The topological polar surface area (TPSA) is 52.4 Å². The van der Waals surface area contributed by atoms with Gasteiger partial charge in [-0.3, -0.25) is 10.1 Å². The highest BCUT2D eigenvalue weighted by atomic mass is 16.6. The van der Waals surface area contributed by atoms with E-state index >= 15 is 0 Å². The lowest BCUT2D eigenvalue weighted by Crippen LogP contribution is -2.16. The highest BCUT2D eigenvalue weighted by Gasteiger charge is 2.47. The molecule has 0 fully saturated rings. The Morgan fingerprint density at radius 3 is 3.07 bits per heavy atom. The van der Waals surface area contributed by atoms with Gasteiger partial charge in [0, 0.05) is 6.07 Å². The summed E-state index contributed by atoms with van der Waals surface area (Å²) in [5, 5.41) is 10.9. The third kappa shape index (κ3) is 0.942. The van der Waals surface area contributed by atoms with Crippen LogP contribution < -0.4 is 0 Å². The average Bonchev–Trinajstić information content (AvgIpc) is 2.72. The van der Waals surface area contributed by atoms with Gasteiger partial charge in [-0.15, -0.1) is 0 Å². The van der Waals surface area contributed by atoms with Gasteiger partial charge in [0.2, 0.25) is 0 Å². The normalized spacial score (nSPS) is 30.6. The SMILES string of the molecule is CC12C=CC(O1)c1cccc([N+](=O)[O-])c12. The van der Waals surface area contributed by atoms with Crippen LogP contribution in [-0.4, -0.2) is 4.92 Å². The molecular formula is C11H9NO3. The summed E-state index contributed by atoms with van der Waals surface area (Å²) >= 11 is 0. The Hall–Kier alpha value is -1.68. The molecule has 2 aliphatic rings. The van der Waals surface area contributed by atoms with E-state index in [0.29, 0.717) is 5.56 Å². The molecular weight excluding hydrogens is 194 g/mol. The first-order valence-electron chi connectivity index (χ1n) is 4.77. The number of ether oxygens (including phenoxy) is 1. The monoisotopic (exact) mass is 203 g/mol. The number of hydrogen-bond donors (Lipinski definition) is 0. The maximum Gasteiger partial charge on any atom is 0.276 e. The van der Waals surface area contributed by atoms with Gasteiger partial charge in [0.1, 0.15) is 11.7 Å². The summed E-state index contributed by atoms with van der Waals surface area (Å²) in [5.41, 5.74) is 1.18. The summed E-state index contributed by atoms with van der Waals surface area (Å²) in [4.78, 5) is 10.6. The number of nitrogens with zero attached hydrogens (tertiary/aromatic N) is 1. The van der Waals surface area contributed by atoms with E-state index in [1.807, 2.05) is 25.1 Å². The Morgan fingerprint density at radius 2 is 2.33 bits per heavy atom. The van der Waals surface area contributed by atoms with Crippen LogP contribution in [0.1, 0.15) is 24.2 Å². The molecule has 1 aromatic rings. The van der Waals surface area contributed by atoms with Gasteiger partial charge in [-0.1, -0.05) is 18.2 Å². The third-order valence-electron chi connectivity index (χ3n) is 3.04. The van der Waals surface area contributed by atoms with Crippen LogP contribution in [0.5, 0.6) is 0 Å². The van der Waals surface area contributed by atoms with Crippen molar-refractivity contribution in [3.05, 3.63) is 51.6 Å². The Kier molecular flexibility index (Phi) is 1.41. The fourth-order valence-electron chi connectivity index (χ4n) is 2.41. The Bertz CT molecular complexity index is 495. The minimum Gasteiger partial charge on any atom is -0.354 e. The maximum atomic E-state index is 10.9. The molecule has 4 heteroatoms. The van der Waals surface area contributed by atoms with Gasteiger partial charge in [-0.05, 0) is 18.6 Å². The predicted octanol–water partition coefficient (Wildman–Crippen LogP) is 2.45. The van der Waals surface area contributed by atoms with Crippen molar-refractivity contribution in [2.24, 2.45) is 0 Å². The second kappa shape index (κ2) is 2.46. The van der Waals surface area contributed by atoms with Crippen molar-refractivity contribution in [2.45, 2.75) is 18.6 Å². The Labute approximate surface area is 86.3 Å². The number of fused-ring (bicyclic) bond motifs is 5. The summed E-state index contributed by atoms with van der Waals surface area (Å²) in [6.07, 6.45) is 3.74. The van der Waals surface area contributed by atoms with E-state index in [2.05, 4.69) is 0 Å². The van der Waals surface area contributed by atoms with Crippen molar-refractivity contribution in [3.8, 4) is 0 Å². The summed E-state index contributed by atoms with van der Waals surface area (Å²) < 4.78 is 5.71. The van der Waals surface area contributed by atoms with E-state index < -0.39 is 5.60 Å². The number of benzene rings is 1. The zero-order valence-electron chi connectivity index (χ0n) is 8.14. The Balaban J connectivity index is 2.31. The van der Waals surface area contributed by atoms with E-state index in [0.717, 1.165) is 5.56 Å². The molecule has 2 bridgehead atoms. The molecule has 4 nitrogen and oxygen atoms in total. The van der Waals surface area contributed by atoms with Gasteiger partial charge < -0.3 is 4.74 Å². The van der Waals surface area contributed by atoms with Crippen LogP contribution >= 0.6 is 0 Å². The highest BCUT2D eigenvalue weighted by Crippen LogP contribution is 2.52. The van der Waals surface area contributed by atoms with Crippen molar-refractivity contribution in [2.75, 3.05) is 0 Å². The van der Waals surface area contributed by atoms with Crippen LogP contribution in [0.3, 0.4) is 0 Å². The first-order chi connectivity index (χ1) is 7.12. The standard InChI is InChI=1S/C11H9NO3/c1-11-6-5-9(15-11)7-3-2-4-8(10(7)11)12(13)14/h2-6,9H,1H3. The molecule has 15 heavy (non-hydrogen) atoms. The zero-order chi connectivity index (χ0) is 10.6. The third-order valence-corrected chi connectivity index (χ3v) is 3.04. The average molecular weight is 203 g/mol. The maximum absolute atomic E-state index is 10.9. The van der Waals surface area contributed by atoms with E-state index in [1.54, 1.807) is 6.07 Å². The molecule has 1 aromatic carbocycles. The van der Waals surface area contributed by atoms with Crippen molar-refractivity contribution in [3.63, 3.8) is 0 Å². The lowest BCUT2D eigenvalue weighted by atomic mass is 9.87. The predicted molar refractivity (Wildman–Crippen MR) is 53.4 cm³/mol. The molecule has 2 heterocycles. The number of hydrogen-bond acceptors (Lipinski definition) is 3. The van der Waals surface area contributed by atoms with Gasteiger partial charge in [0.15, 0.2) is 0 Å². The molecule has 0 saturated heterocycles. The van der Waals surface area contributed by atoms with E-state index in [4.69, 9.17) is 4.74 Å². The molecule has 3 rings (SSSR count). The second-order valence-electron chi connectivity index (χ2n) is 4.00. The quantitative estimate of drug-likeness (QED) is 0.400. The van der Waals surface area contributed by atoms with E-state index in [9.17, 15) is 10.1 Å². The minimum atomic E-state index is -0.607. The molecule has 2 atom stereocenters. The summed E-state index contributed by atoms with van der Waals surface area (Å²) in [6, 6.07) is 5.13. The van der Waals surface area contributed by atoms with Gasteiger partial charge in [0.25, 0.3) is 5.69 Å². The second-order valence-corrected chi connectivity index (χ2v) is 4.00. The number of nitro groups is 1. The lowest BCUT2D eigenvalue weighted by Gasteiger charge is -2.17. The Morgan fingerprint density at radius 1 is 1.53 bits per heavy atom. The molecule has 0 aromatic heterocycles. The molecule has 2 aliphatic heterocycles. The molecule has 0 spiro atoms.